The second kappa shape index (κ2) is 7.54. The molecule has 0 unspecified atom stereocenters. The lowest BCUT2D eigenvalue weighted by molar-refractivity contribution is 0.452. The molecule has 0 aliphatic heterocycles. The van der Waals surface area contributed by atoms with E-state index in [1.807, 2.05) is 36.4 Å². The molecule has 4 nitrogen and oxygen atoms in total. The number of hydrogen-bond donors (Lipinski definition) is 1. The number of nitrogens with zero attached hydrogens (tertiary/aromatic N) is 2. The summed E-state index contributed by atoms with van der Waals surface area (Å²) in [5, 5.41) is 11.6. The number of nitrogens with one attached hydrogen (secondary N) is 1. The smallest absolute Gasteiger partial charge is 0.238 e. The van der Waals surface area contributed by atoms with Gasteiger partial charge in [0.05, 0.1) is 5.69 Å². The van der Waals surface area contributed by atoms with Gasteiger partial charge in [0.25, 0.3) is 0 Å². The second-order valence-corrected chi connectivity index (χ2v) is 6.19. The molecule has 0 bridgehead atoms. The largest absolute Gasteiger partial charge is 0.437 e. The van der Waals surface area contributed by atoms with Gasteiger partial charge in [-0.2, -0.15) is 5.10 Å². The number of aromatic nitrogens is 2. The molecule has 1 heterocycles. The molecule has 0 saturated carbocycles. The maximum Gasteiger partial charge on any atom is 0.238 e. The number of rotatable bonds is 6. The molecule has 0 amide bonds. The van der Waals surface area contributed by atoms with Crippen LogP contribution in [0.25, 0.3) is 0 Å². The first-order valence-corrected chi connectivity index (χ1v) is 7.68. The summed E-state index contributed by atoms with van der Waals surface area (Å²) in [6, 6.07) is 11.6. The maximum absolute atomic E-state index is 5.66. The summed E-state index contributed by atoms with van der Waals surface area (Å²) in [6.07, 6.45) is 0. The molecule has 0 radical (unpaired) electrons. The highest BCUT2D eigenvalue weighted by Gasteiger charge is 2.02. The van der Waals surface area contributed by atoms with Crippen LogP contribution in [0.4, 0.5) is 0 Å². The van der Waals surface area contributed by atoms with Crippen LogP contribution < -0.4 is 10.1 Å². The molecule has 106 valence electrons. The third-order valence-corrected chi connectivity index (χ3v) is 3.24. The monoisotopic (exact) mass is 383 g/mol. The highest BCUT2D eigenvalue weighted by Crippen LogP contribution is 2.20. The fourth-order valence-electron chi connectivity index (χ4n) is 1.64. The van der Waals surface area contributed by atoms with Crippen molar-refractivity contribution in [2.24, 2.45) is 5.92 Å². The number of ether oxygens (including phenoxy) is 1. The Balaban J connectivity index is 1.91. The Kier molecular flexibility index (Phi) is 5.72. The van der Waals surface area contributed by atoms with Crippen LogP contribution in [-0.4, -0.2) is 16.7 Å². The SMILES string of the molecule is CC(C)CNCc1ccc(Oc2cccc(I)c2)nn1. The molecule has 0 aliphatic carbocycles. The first-order valence-electron chi connectivity index (χ1n) is 6.60. The topological polar surface area (TPSA) is 47.0 Å². The zero-order chi connectivity index (χ0) is 14.4. The molecule has 0 spiro atoms. The summed E-state index contributed by atoms with van der Waals surface area (Å²) in [4.78, 5) is 0. The molecule has 1 N–H and O–H groups in total. The van der Waals surface area contributed by atoms with Gasteiger partial charge < -0.3 is 10.1 Å². The zero-order valence-corrected chi connectivity index (χ0v) is 13.8. The third-order valence-electron chi connectivity index (χ3n) is 2.57. The highest BCUT2D eigenvalue weighted by molar-refractivity contribution is 14.1. The predicted octanol–water partition coefficient (Wildman–Crippen LogP) is 3.62. The first kappa shape index (κ1) is 15.2. The zero-order valence-electron chi connectivity index (χ0n) is 11.6. The molecule has 0 atom stereocenters. The van der Waals surface area contributed by atoms with Crippen molar-refractivity contribution in [1.29, 1.82) is 0 Å². The number of benzene rings is 1. The van der Waals surface area contributed by atoms with Gasteiger partial charge in [0.2, 0.25) is 5.88 Å². The van der Waals surface area contributed by atoms with Crippen molar-refractivity contribution in [3.63, 3.8) is 0 Å². The average molecular weight is 383 g/mol. The summed E-state index contributed by atoms with van der Waals surface area (Å²) in [5.41, 5.74) is 0.917. The number of hydrogen-bond acceptors (Lipinski definition) is 4. The lowest BCUT2D eigenvalue weighted by Gasteiger charge is -2.07. The summed E-state index contributed by atoms with van der Waals surface area (Å²) in [6.45, 7) is 6.06. The van der Waals surface area contributed by atoms with Gasteiger partial charge in [0, 0.05) is 16.2 Å². The normalized spacial score (nSPS) is 10.8. The summed E-state index contributed by atoms with van der Waals surface area (Å²) in [5.74, 6) is 1.92. The van der Waals surface area contributed by atoms with Crippen molar-refractivity contribution in [3.8, 4) is 11.6 Å². The van der Waals surface area contributed by atoms with Crippen LogP contribution in [0.2, 0.25) is 0 Å². The standard InChI is InChI=1S/C15H18IN3O/c1-11(2)9-17-10-13-6-7-15(19-18-13)20-14-5-3-4-12(16)8-14/h3-8,11,17H,9-10H2,1-2H3. The van der Waals surface area contributed by atoms with Crippen LogP contribution in [0.15, 0.2) is 36.4 Å². The van der Waals surface area contributed by atoms with Gasteiger partial charge in [-0.25, -0.2) is 0 Å². The van der Waals surface area contributed by atoms with Crippen molar-refractivity contribution >= 4 is 22.6 Å². The van der Waals surface area contributed by atoms with E-state index in [4.69, 9.17) is 4.74 Å². The second-order valence-electron chi connectivity index (χ2n) is 4.95. The summed E-state index contributed by atoms with van der Waals surface area (Å²) < 4.78 is 6.79. The van der Waals surface area contributed by atoms with Crippen LogP contribution in [0, 0.1) is 9.49 Å². The summed E-state index contributed by atoms with van der Waals surface area (Å²) >= 11 is 2.25. The van der Waals surface area contributed by atoms with E-state index >= 15 is 0 Å². The minimum Gasteiger partial charge on any atom is -0.437 e. The van der Waals surface area contributed by atoms with E-state index in [9.17, 15) is 0 Å². The Morgan fingerprint density at radius 3 is 2.70 bits per heavy atom. The van der Waals surface area contributed by atoms with Gasteiger partial charge in [0.15, 0.2) is 0 Å². The Hall–Kier alpha value is -1.21. The lowest BCUT2D eigenvalue weighted by Crippen LogP contribution is -2.19. The Labute approximate surface area is 133 Å². The quantitative estimate of drug-likeness (QED) is 0.775. The van der Waals surface area contributed by atoms with Gasteiger partial charge in [0.1, 0.15) is 5.75 Å². The highest BCUT2D eigenvalue weighted by atomic mass is 127. The molecular formula is C15H18IN3O. The van der Waals surface area contributed by atoms with Crippen molar-refractivity contribution < 1.29 is 4.74 Å². The Morgan fingerprint density at radius 1 is 1.20 bits per heavy atom. The van der Waals surface area contributed by atoms with E-state index in [0.717, 1.165) is 28.1 Å². The molecule has 0 saturated heterocycles. The van der Waals surface area contributed by atoms with Crippen molar-refractivity contribution in [2.75, 3.05) is 6.54 Å². The molecule has 5 heteroatoms. The van der Waals surface area contributed by atoms with Crippen LogP contribution in [0.3, 0.4) is 0 Å². The van der Waals surface area contributed by atoms with E-state index in [-0.39, 0.29) is 0 Å². The average Bonchev–Trinajstić information content (AvgIpc) is 2.40. The van der Waals surface area contributed by atoms with Crippen LogP contribution >= 0.6 is 22.6 Å². The summed E-state index contributed by atoms with van der Waals surface area (Å²) in [7, 11) is 0. The van der Waals surface area contributed by atoms with Gasteiger partial charge in [-0.3, -0.25) is 0 Å². The van der Waals surface area contributed by atoms with E-state index in [1.165, 1.54) is 0 Å². The molecule has 2 rings (SSSR count). The third kappa shape index (κ3) is 5.05. The molecule has 1 aromatic heterocycles. The molecule has 0 fully saturated rings. The number of halogens is 1. The van der Waals surface area contributed by atoms with Crippen molar-refractivity contribution in [3.05, 3.63) is 45.7 Å². The fraction of sp³-hybridized carbons (Fsp3) is 0.333. The Bertz CT molecular complexity index is 543. The van der Waals surface area contributed by atoms with Crippen molar-refractivity contribution in [2.45, 2.75) is 20.4 Å². The van der Waals surface area contributed by atoms with Gasteiger partial charge >= 0.3 is 0 Å². The molecule has 2 aromatic rings. The van der Waals surface area contributed by atoms with Gasteiger partial charge in [-0.05, 0) is 59.3 Å². The molecular weight excluding hydrogens is 365 g/mol. The van der Waals surface area contributed by atoms with E-state index in [2.05, 4.69) is 52.0 Å². The van der Waals surface area contributed by atoms with E-state index < -0.39 is 0 Å². The lowest BCUT2D eigenvalue weighted by atomic mass is 10.2. The predicted molar refractivity (Wildman–Crippen MR) is 87.8 cm³/mol. The molecule has 1 aromatic carbocycles. The van der Waals surface area contributed by atoms with Crippen LogP contribution in [0.5, 0.6) is 11.6 Å². The molecule has 20 heavy (non-hydrogen) atoms. The van der Waals surface area contributed by atoms with Crippen LogP contribution in [-0.2, 0) is 6.54 Å². The van der Waals surface area contributed by atoms with Crippen LogP contribution in [0.1, 0.15) is 19.5 Å². The van der Waals surface area contributed by atoms with E-state index in [1.54, 1.807) is 0 Å². The minimum atomic E-state index is 0.514. The van der Waals surface area contributed by atoms with Gasteiger partial charge in [-0.15, -0.1) is 5.10 Å². The Morgan fingerprint density at radius 2 is 2.05 bits per heavy atom. The molecule has 0 aliphatic rings. The first-order chi connectivity index (χ1) is 9.63. The maximum atomic E-state index is 5.66. The van der Waals surface area contributed by atoms with Gasteiger partial charge in [-0.1, -0.05) is 19.9 Å². The fourth-order valence-corrected chi connectivity index (χ4v) is 2.15. The minimum absolute atomic E-state index is 0.514. The van der Waals surface area contributed by atoms with Crippen molar-refractivity contribution in [1.82, 2.24) is 15.5 Å². The van der Waals surface area contributed by atoms with E-state index in [0.29, 0.717) is 11.8 Å².